The monoisotopic (exact) mass is 360 g/mol. The zero-order valence-corrected chi connectivity index (χ0v) is 17.3. The summed E-state index contributed by atoms with van der Waals surface area (Å²) < 4.78 is 0. The quantitative estimate of drug-likeness (QED) is 0.615. The number of hydrogen-bond donors (Lipinski definition) is 3. The third-order valence-electron chi connectivity index (χ3n) is 7.25. The summed E-state index contributed by atoms with van der Waals surface area (Å²) in [6.07, 6.45) is 6.50. The first kappa shape index (κ1) is 20.8. The van der Waals surface area contributed by atoms with E-state index in [0.29, 0.717) is 23.8 Å². The standard InChI is InChI=1S/C23H36O3/c1-14(7-9-19-21(25)13-15(2)17(4)22(19)26)11-12-23(6)16(3)8-10-20(24)18(23)5/h7,13,16,18,20,24-26H,8-12H2,1-6H3/b14-7+/t16-,18+,20+,23+/m1/s1. The van der Waals surface area contributed by atoms with Crippen LogP contribution in [-0.4, -0.2) is 21.4 Å². The first-order valence-corrected chi connectivity index (χ1v) is 9.92. The van der Waals surface area contributed by atoms with Gasteiger partial charge in [0.05, 0.1) is 6.10 Å². The Labute approximate surface area is 158 Å². The van der Waals surface area contributed by atoms with Crippen LogP contribution in [0.25, 0.3) is 0 Å². The molecule has 26 heavy (non-hydrogen) atoms. The van der Waals surface area contributed by atoms with E-state index in [4.69, 9.17) is 0 Å². The van der Waals surface area contributed by atoms with Crippen LogP contribution in [0.2, 0.25) is 0 Å². The van der Waals surface area contributed by atoms with E-state index in [1.165, 1.54) is 5.57 Å². The second-order valence-electron chi connectivity index (χ2n) is 8.76. The summed E-state index contributed by atoms with van der Waals surface area (Å²) >= 11 is 0. The summed E-state index contributed by atoms with van der Waals surface area (Å²) in [5.74, 6) is 1.30. The van der Waals surface area contributed by atoms with Crippen molar-refractivity contribution in [2.45, 2.75) is 79.8 Å². The average molecular weight is 361 g/mol. The van der Waals surface area contributed by atoms with Gasteiger partial charge in [0.15, 0.2) is 0 Å². The zero-order chi connectivity index (χ0) is 19.6. The Bertz CT molecular complexity index is 677. The van der Waals surface area contributed by atoms with Crippen molar-refractivity contribution in [2.75, 3.05) is 0 Å². The molecule has 0 unspecified atom stereocenters. The normalized spacial score (nSPS) is 29.8. The van der Waals surface area contributed by atoms with Crippen molar-refractivity contribution in [1.29, 1.82) is 0 Å². The van der Waals surface area contributed by atoms with Gasteiger partial charge >= 0.3 is 0 Å². The highest BCUT2D eigenvalue weighted by molar-refractivity contribution is 5.52. The number of aryl methyl sites for hydroxylation is 1. The predicted octanol–water partition coefficient (Wildman–Crippen LogP) is 5.42. The molecule has 3 heteroatoms. The molecule has 1 aromatic carbocycles. The van der Waals surface area contributed by atoms with E-state index in [-0.39, 0.29) is 23.0 Å². The number of phenols is 2. The fraction of sp³-hybridized carbons (Fsp3) is 0.652. The summed E-state index contributed by atoms with van der Waals surface area (Å²) in [6, 6.07) is 1.72. The summed E-state index contributed by atoms with van der Waals surface area (Å²) in [5, 5.41) is 30.8. The Morgan fingerprint density at radius 2 is 1.88 bits per heavy atom. The fourth-order valence-corrected chi connectivity index (χ4v) is 4.34. The molecule has 0 spiro atoms. The minimum Gasteiger partial charge on any atom is -0.508 e. The molecule has 1 aliphatic rings. The lowest BCUT2D eigenvalue weighted by Crippen LogP contribution is -2.43. The van der Waals surface area contributed by atoms with Gasteiger partial charge in [0.2, 0.25) is 0 Å². The molecule has 4 atom stereocenters. The maximum atomic E-state index is 10.3. The molecule has 1 aliphatic carbocycles. The molecule has 0 aromatic heterocycles. The highest BCUT2D eigenvalue weighted by Crippen LogP contribution is 2.48. The molecule has 0 heterocycles. The Balaban J connectivity index is 2.07. The summed E-state index contributed by atoms with van der Waals surface area (Å²) in [6.45, 7) is 12.7. The summed E-state index contributed by atoms with van der Waals surface area (Å²) in [5.41, 5.74) is 3.75. The van der Waals surface area contributed by atoms with Crippen LogP contribution in [0.4, 0.5) is 0 Å². The molecule has 1 saturated carbocycles. The van der Waals surface area contributed by atoms with Gasteiger partial charge in [0.1, 0.15) is 11.5 Å². The third-order valence-corrected chi connectivity index (χ3v) is 7.25. The minimum atomic E-state index is -0.190. The van der Waals surface area contributed by atoms with Gasteiger partial charge in [-0.05, 0) is 87.3 Å². The lowest BCUT2D eigenvalue weighted by molar-refractivity contribution is -0.0469. The lowest BCUT2D eigenvalue weighted by atomic mass is 9.59. The van der Waals surface area contributed by atoms with Gasteiger partial charge in [0, 0.05) is 5.56 Å². The van der Waals surface area contributed by atoms with Crippen molar-refractivity contribution in [3.63, 3.8) is 0 Å². The Kier molecular flexibility index (Phi) is 6.44. The summed E-state index contributed by atoms with van der Waals surface area (Å²) in [4.78, 5) is 0. The number of benzene rings is 1. The first-order valence-electron chi connectivity index (χ1n) is 9.92. The van der Waals surface area contributed by atoms with Crippen LogP contribution in [0.15, 0.2) is 17.7 Å². The molecule has 146 valence electrons. The van der Waals surface area contributed by atoms with Gasteiger partial charge in [-0.1, -0.05) is 32.4 Å². The molecule has 0 aliphatic heterocycles. The number of allylic oxidation sites excluding steroid dienone is 2. The van der Waals surface area contributed by atoms with Crippen LogP contribution in [0.5, 0.6) is 11.5 Å². The maximum Gasteiger partial charge on any atom is 0.125 e. The lowest BCUT2D eigenvalue weighted by Gasteiger charge is -2.47. The van der Waals surface area contributed by atoms with E-state index in [0.717, 1.165) is 36.8 Å². The largest absolute Gasteiger partial charge is 0.508 e. The second-order valence-corrected chi connectivity index (χ2v) is 8.76. The van der Waals surface area contributed by atoms with Gasteiger partial charge in [0.25, 0.3) is 0 Å². The van der Waals surface area contributed by atoms with Crippen molar-refractivity contribution in [1.82, 2.24) is 0 Å². The molecule has 2 rings (SSSR count). The van der Waals surface area contributed by atoms with E-state index in [1.807, 2.05) is 13.8 Å². The van der Waals surface area contributed by atoms with Gasteiger partial charge in [-0.3, -0.25) is 0 Å². The molecule has 0 saturated heterocycles. The van der Waals surface area contributed by atoms with Crippen molar-refractivity contribution >= 4 is 0 Å². The van der Waals surface area contributed by atoms with Crippen molar-refractivity contribution in [3.05, 3.63) is 34.4 Å². The van der Waals surface area contributed by atoms with E-state index < -0.39 is 0 Å². The van der Waals surface area contributed by atoms with E-state index in [9.17, 15) is 15.3 Å². The molecule has 1 aromatic rings. The Morgan fingerprint density at radius 1 is 1.23 bits per heavy atom. The molecule has 3 N–H and O–H groups in total. The Hall–Kier alpha value is -1.48. The predicted molar refractivity (Wildman–Crippen MR) is 108 cm³/mol. The molecular formula is C23H36O3. The van der Waals surface area contributed by atoms with Crippen molar-refractivity contribution in [2.24, 2.45) is 17.3 Å². The highest BCUT2D eigenvalue weighted by atomic mass is 16.3. The van der Waals surface area contributed by atoms with Crippen LogP contribution in [-0.2, 0) is 6.42 Å². The van der Waals surface area contributed by atoms with Crippen LogP contribution in [0.1, 0.15) is 70.1 Å². The van der Waals surface area contributed by atoms with Gasteiger partial charge in [-0.2, -0.15) is 0 Å². The van der Waals surface area contributed by atoms with E-state index >= 15 is 0 Å². The Morgan fingerprint density at radius 3 is 2.54 bits per heavy atom. The minimum absolute atomic E-state index is 0.150. The number of phenolic OH excluding ortho intramolecular Hbond substituents is 2. The van der Waals surface area contributed by atoms with Gasteiger partial charge in [-0.15, -0.1) is 0 Å². The van der Waals surface area contributed by atoms with E-state index in [2.05, 4.69) is 33.8 Å². The average Bonchev–Trinajstić information content (AvgIpc) is 2.59. The smallest absolute Gasteiger partial charge is 0.125 e. The molecule has 1 fully saturated rings. The fourth-order valence-electron chi connectivity index (χ4n) is 4.34. The van der Waals surface area contributed by atoms with Gasteiger partial charge in [-0.25, -0.2) is 0 Å². The second kappa shape index (κ2) is 8.04. The topological polar surface area (TPSA) is 60.7 Å². The van der Waals surface area contributed by atoms with Crippen LogP contribution >= 0.6 is 0 Å². The molecule has 0 bridgehead atoms. The number of rotatable bonds is 5. The molecule has 0 radical (unpaired) electrons. The third kappa shape index (κ3) is 4.09. The SMILES string of the molecule is C/C(=C\Cc1c(O)cc(C)c(C)c1O)CC[C@@]1(C)[C@H](C)CC[C@H](O)[C@@H]1C. The molecular weight excluding hydrogens is 324 g/mol. The molecule has 0 amide bonds. The van der Waals surface area contributed by atoms with Crippen molar-refractivity contribution < 1.29 is 15.3 Å². The first-order chi connectivity index (χ1) is 12.1. The van der Waals surface area contributed by atoms with Gasteiger partial charge < -0.3 is 15.3 Å². The maximum absolute atomic E-state index is 10.3. The number of aliphatic hydroxyl groups excluding tert-OH is 1. The molecule has 3 nitrogen and oxygen atoms in total. The van der Waals surface area contributed by atoms with Crippen LogP contribution in [0.3, 0.4) is 0 Å². The summed E-state index contributed by atoms with van der Waals surface area (Å²) in [7, 11) is 0. The zero-order valence-electron chi connectivity index (χ0n) is 17.3. The number of hydrogen-bond acceptors (Lipinski definition) is 3. The highest BCUT2D eigenvalue weighted by Gasteiger charge is 2.42. The van der Waals surface area contributed by atoms with E-state index in [1.54, 1.807) is 6.07 Å². The van der Waals surface area contributed by atoms with Crippen molar-refractivity contribution in [3.8, 4) is 11.5 Å². The number of aliphatic hydroxyl groups is 1. The number of aromatic hydroxyl groups is 2. The van der Waals surface area contributed by atoms with Crippen LogP contribution in [0, 0.1) is 31.1 Å². The van der Waals surface area contributed by atoms with Crippen LogP contribution < -0.4 is 0 Å².